The van der Waals surface area contributed by atoms with Gasteiger partial charge in [0.25, 0.3) is 0 Å². The fraction of sp³-hybridized carbons (Fsp3) is 0.167. The van der Waals surface area contributed by atoms with Crippen LogP contribution < -0.4 is 0 Å². The van der Waals surface area contributed by atoms with Gasteiger partial charge in [-0.05, 0) is 24.6 Å². The second kappa shape index (κ2) is 4.37. The van der Waals surface area contributed by atoms with Crippen molar-refractivity contribution in [2.75, 3.05) is 0 Å². The van der Waals surface area contributed by atoms with Crippen molar-refractivity contribution in [1.82, 2.24) is 9.97 Å². The molecule has 0 fully saturated rings. The molecule has 2 rings (SSSR count). The van der Waals surface area contributed by atoms with Crippen molar-refractivity contribution < 1.29 is 9.50 Å². The lowest BCUT2D eigenvalue weighted by Crippen LogP contribution is -2.03. The Balaban J connectivity index is 2.31. The molecule has 0 bridgehead atoms. The molecule has 3 nitrogen and oxygen atoms in total. The minimum atomic E-state index is -0.941. The maximum Gasteiger partial charge on any atom is 0.123 e. The summed E-state index contributed by atoms with van der Waals surface area (Å²) in [7, 11) is 0. The molecule has 0 saturated carbocycles. The highest BCUT2D eigenvalue weighted by Gasteiger charge is 2.12. The van der Waals surface area contributed by atoms with Crippen LogP contribution in [0, 0.1) is 12.7 Å². The first-order valence-corrected chi connectivity index (χ1v) is 4.89. The summed E-state index contributed by atoms with van der Waals surface area (Å²) in [6.07, 6.45) is 2.12. The molecular formula is C12H11FN2O. The van der Waals surface area contributed by atoms with Gasteiger partial charge in [0.1, 0.15) is 11.9 Å². The van der Waals surface area contributed by atoms with Gasteiger partial charge < -0.3 is 5.11 Å². The molecular weight excluding hydrogens is 207 g/mol. The van der Waals surface area contributed by atoms with Gasteiger partial charge in [-0.2, -0.15) is 0 Å². The van der Waals surface area contributed by atoms with Crippen molar-refractivity contribution in [2.24, 2.45) is 0 Å². The molecule has 2 aromatic rings. The normalized spacial score (nSPS) is 12.4. The average molecular weight is 218 g/mol. The third kappa shape index (κ3) is 2.23. The standard InChI is InChI=1S/C12H11FN2O/c1-8-6-15-11(7-14-8)12(16)9-3-2-4-10(13)5-9/h2-7,12,16H,1H3. The first kappa shape index (κ1) is 10.7. The van der Waals surface area contributed by atoms with Gasteiger partial charge in [-0.25, -0.2) is 4.39 Å². The largest absolute Gasteiger partial charge is 0.382 e. The monoisotopic (exact) mass is 218 g/mol. The molecule has 1 N–H and O–H groups in total. The second-order valence-electron chi connectivity index (χ2n) is 3.54. The van der Waals surface area contributed by atoms with E-state index in [0.29, 0.717) is 11.3 Å². The first-order chi connectivity index (χ1) is 7.66. The molecule has 0 spiro atoms. The van der Waals surface area contributed by atoms with Crippen LogP contribution in [-0.4, -0.2) is 15.1 Å². The summed E-state index contributed by atoms with van der Waals surface area (Å²) in [4.78, 5) is 8.08. The van der Waals surface area contributed by atoms with Crippen LogP contribution in [-0.2, 0) is 0 Å². The van der Waals surface area contributed by atoms with Crippen molar-refractivity contribution in [3.05, 3.63) is 59.4 Å². The number of benzene rings is 1. The van der Waals surface area contributed by atoms with Gasteiger partial charge in [0.15, 0.2) is 0 Å². The molecule has 1 aromatic carbocycles. The molecule has 1 aromatic heterocycles. The number of nitrogens with zero attached hydrogens (tertiary/aromatic N) is 2. The zero-order valence-electron chi connectivity index (χ0n) is 8.76. The fourth-order valence-corrected chi connectivity index (χ4v) is 1.39. The summed E-state index contributed by atoms with van der Waals surface area (Å²) in [5.41, 5.74) is 1.66. The van der Waals surface area contributed by atoms with Crippen molar-refractivity contribution in [1.29, 1.82) is 0 Å². The van der Waals surface area contributed by atoms with E-state index in [1.165, 1.54) is 18.3 Å². The molecule has 0 saturated heterocycles. The van der Waals surface area contributed by atoms with Crippen molar-refractivity contribution in [3.63, 3.8) is 0 Å². The Labute approximate surface area is 92.6 Å². The lowest BCUT2D eigenvalue weighted by molar-refractivity contribution is 0.214. The Hall–Kier alpha value is -1.81. The van der Waals surface area contributed by atoms with E-state index >= 15 is 0 Å². The van der Waals surface area contributed by atoms with Crippen LogP contribution in [0.15, 0.2) is 36.7 Å². The Morgan fingerprint density at radius 1 is 1.25 bits per heavy atom. The predicted octanol–water partition coefficient (Wildman–Crippen LogP) is 2.01. The van der Waals surface area contributed by atoms with Crippen molar-refractivity contribution in [2.45, 2.75) is 13.0 Å². The van der Waals surface area contributed by atoms with E-state index in [0.717, 1.165) is 5.69 Å². The third-order valence-corrected chi connectivity index (χ3v) is 2.25. The molecule has 1 atom stereocenters. The van der Waals surface area contributed by atoms with Crippen LogP contribution in [0.2, 0.25) is 0 Å². The molecule has 1 unspecified atom stereocenters. The summed E-state index contributed by atoms with van der Waals surface area (Å²) in [5, 5.41) is 9.94. The lowest BCUT2D eigenvalue weighted by atomic mass is 10.1. The zero-order valence-corrected chi connectivity index (χ0v) is 8.76. The highest BCUT2D eigenvalue weighted by Crippen LogP contribution is 2.19. The number of aromatic nitrogens is 2. The van der Waals surface area contributed by atoms with Crippen molar-refractivity contribution in [3.8, 4) is 0 Å². The van der Waals surface area contributed by atoms with E-state index in [1.54, 1.807) is 18.3 Å². The van der Waals surface area contributed by atoms with Gasteiger partial charge in [0.2, 0.25) is 0 Å². The van der Waals surface area contributed by atoms with Gasteiger partial charge in [-0.1, -0.05) is 12.1 Å². The number of halogens is 1. The molecule has 4 heteroatoms. The van der Waals surface area contributed by atoms with Crippen LogP contribution in [0.1, 0.15) is 23.1 Å². The summed E-state index contributed by atoms with van der Waals surface area (Å²) >= 11 is 0. The minimum absolute atomic E-state index is 0.378. The van der Waals surface area contributed by atoms with E-state index in [1.807, 2.05) is 6.92 Å². The fourth-order valence-electron chi connectivity index (χ4n) is 1.39. The minimum Gasteiger partial charge on any atom is -0.382 e. The number of aryl methyl sites for hydroxylation is 1. The topological polar surface area (TPSA) is 46.0 Å². The van der Waals surface area contributed by atoms with E-state index < -0.39 is 6.10 Å². The maximum absolute atomic E-state index is 13.0. The molecule has 16 heavy (non-hydrogen) atoms. The van der Waals surface area contributed by atoms with Crippen molar-refractivity contribution >= 4 is 0 Å². The van der Waals surface area contributed by atoms with E-state index in [9.17, 15) is 9.50 Å². The smallest absolute Gasteiger partial charge is 0.123 e. The van der Waals surface area contributed by atoms with E-state index in [2.05, 4.69) is 9.97 Å². The number of rotatable bonds is 2. The molecule has 0 aliphatic rings. The van der Waals surface area contributed by atoms with Gasteiger partial charge in [0, 0.05) is 6.20 Å². The van der Waals surface area contributed by atoms with Gasteiger partial charge in [-0.3, -0.25) is 9.97 Å². The number of aliphatic hydroxyl groups is 1. The predicted molar refractivity (Wildman–Crippen MR) is 57.2 cm³/mol. The molecule has 0 radical (unpaired) electrons. The maximum atomic E-state index is 13.0. The van der Waals surface area contributed by atoms with Gasteiger partial charge in [0.05, 0.1) is 17.6 Å². The second-order valence-corrected chi connectivity index (χ2v) is 3.54. The molecule has 0 amide bonds. The third-order valence-electron chi connectivity index (χ3n) is 2.25. The SMILES string of the molecule is Cc1cnc(C(O)c2cccc(F)c2)cn1. The van der Waals surface area contributed by atoms with E-state index in [-0.39, 0.29) is 5.82 Å². The van der Waals surface area contributed by atoms with Crippen LogP contribution in [0.5, 0.6) is 0 Å². The highest BCUT2D eigenvalue weighted by molar-refractivity contribution is 5.25. The van der Waals surface area contributed by atoms with Crippen LogP contribution in [0.3, 0.4) is 0 Å². The summed E-state index contributed by atoms with van der Waals surface area (Å²) in [5.74, 6) is -0.378. The first-order valence-electron chi connectivity index (χ1n) is 4.89. The number of hydrogen-bond acceptors (Lipinski definition) is 3. The molecule has 1 heterocycles. The Kier molecular flexibility index (Phi) is 2.92. The quantitative estimate of drug-likeness (QED) is 0.838. The Morgan fingerprint density at radius 3 is 2.69 bits per heavy atom. The Bertz CT molecular complexity index is 485. The summed E-state index contributed by atoms with van der Waals surface area (Å²) in [6, 6.07) is 5.81. The van der Waals surface area contributed by atoms with Crippen LogP contribution >= 0.6 is 0 Å². The summed E-state index contributed by atoms with van der Waals surface area (Å²) in [6.45, 7) is 1.81. The van der Waals surface area contributed by atoms with Crippen LogP contribution in [0.25, 0.3) is 0 Å². The lowest BCUT2D eigenvalue weighted by Gasteiger charge is -2.09. The zero-order chi connectivity index (χ0) is 11.5. The van der Waals surface area contributed by atoms with E-state index in [4.69, 9.17) is 0 Å². The van der Waals surface area contributed by atoms with Gasteiger partial charge in [-0.15, -0.1) is 0 Å². The number of aliphatic hydroxyl groups excluding tert-OH is 1. The Morgan fingerprint density at radius 2 is 2.06 bits per heavy atom. The molecule has 82 valence electrons. The van der Waals surface area contributed by atoms with Crippen LogP contribution in [0.4, 0.5) is 4.39 Å². The molecule has 0 aliphatic carbocycles. The molecule has 0 aliphatic heterocycles. The highest BCUT2D eigenvalue weighted by atomic mass is 19.1. The number of hydrogen-bond donors (Lipinski definition) is 1. The average Bonchev–Trinajstić information content (AvgIpc) is 2.29. The summed E-state index contributed by atoms with van der Waals surface area (Å²) < 4.78 is 13.0. The van der Waals surface area contributed by atoms with Gasteiger partial charge >= 0.3 is 0 Å².